The summed E-state index contributed by atoms with van der Waals surface area (Å²) in [5, 5.41) is 2.96. The van der Waals surface area contributed by atoms with Crippen molar-refractivity contribution in [1.29, 1.82) is 0 Å². The number of benzene rings is 1. The Morgan fingerprint density at radius 2 is 1.84 bits per heavy atom. The van der Waals surface area contributed by atoms with Gasteiger partial charge in [0.2, 0.25) is 0 Å². The van der Waals surface area contributed by atoms with Gasteiger partial charge in [0, 0.05) is 31.0 Å². The maximum Gasteiger partial charge on any atom is 0.256 e. The fraction of sp³-hybridized carbons (Fsp3) is 0.333. The predicted octanol–water partition coefficient (Wildman–Crippen LogP) is 3.00. The molecule has 0 spiro atoms. The number of anilines is 1. The van der Waals surface area contributed by atoms with Crippen LogP contribution < -0.4 is 10.2 Å². The number of hydrogen-bond donors (Lipinski definition) is 1. The van der Waals surface area contributed by atoms with Crippen LogP contribution in [0.2, 0.25) is 0 Å². The van der Waals surface area contributed by atoms with Crippen LogP contribution in [-0.4, -0.2) is 59.0 Å². The summed E-state index contributed by atoms with van der Waals surface area (Å²) in [6.45, 7) is 2.43. The number of likely N-dealkylation sites (tertiary alicyclic amines) is 1. The lowest BCUT2D eigenvalue weighted by Crippen LogP contribution is -2.43. The Kier molecular flexibility index (Phi) is 6.52. The SMILES string of the molecule is CN1CCC(N(C)c2nc(-c3ccccc3)ncc2C(=O)NCc2ccccn2)CC1. The van der Waals surface area contributed by atoms with E-state index < -0.39 is 0 Å². The first-order valence-corrected chi connectivity index (χ1v) is 10.6. The minimum Gasteiger partial charge on any atom is -0.356 e. The summed E-state index contributed by atoms with van der Waals surface area (Å²) in [5.74, 6) is 1.10. The average molecular weight is 417 g/mol. The normalized spacial score (nSPS) is 14.9. The Hall–Kier alpha value is -3.32. The highest BCUT2D eigenvalue weighted by atomic mass is 16.1. The molecule has 0 radical (unpaired) electrons. The molecular formula is C24H28N6O. The number of nitrogens with one attached hydrogen (secondary N) is 1. The molecule has 1 aliphatic heterocycles. The number of carbonyl (C=O) groups is 1. The predicted molar refractivity (Wildman–Crippen MR) is 122 cm³/mol. The average Bonchev–Trinajstić information content (AvgIpc) is 2.83. The molecule has 160 valence electrons. The number of rotatable bonds is 6. The Balaban J connectivity index is 1.62. The standard InChI is InChI=1S/C24H28N6O/c1-29-14-11-20(12-15-29)30(2)23-21(24(31)27-16-19-10-6-7-13-25-19)17-26-22(28-23)18-8-4-3-5-9-18/h3-10,13,17,20H,11-12,14-16H2,1-2H3,(H,27,31). The number of piperidine rings is 1. The number of amides is 1. The first kappa shape index (κ1) is 20.9. The van der Waals surface area contributed by atoms with Gasteiger partial charge in [-0.1, -0.05) is 36.4 Å². The third kappa shape index (κ3) is 5.06. The van der Waals surface area contributed by atoms with Gasteiger partial charge in [-0.2, -0.15) is 0 Å². The number of aromatic nitrogens is 3. The molecular weight excluding hydrogens is 388 g/mol. The zero-order valence-electron chi connectivity index (χ0n) is 18.0. The Morgan fingerprint density at radius 3 is 2.55 bits per heavy atom. The third-order valence-electron chi connectivity index (χ3n) is 5.77. The van der Waals surface area contributed by atoms with Crippen LogP contribution in [0.4, 0.5) is 5.82 Å². The van der Waals surface area contributed by atoms with Crippen LogP contribution in [0.15, 0.2) is 60.9 Å². The van der Waals surface area contributed by atoms with E-state index in [-0.39, 0.29) is 5.91 Å². The van der Waals surface area contributed by atoms with Gasteiger partial charge < -0.3 is 15.1 Å². The number of hydrogen-bond acceptors (Lipinski definition) is 6. The first-order valence-electron chi connectivity index (χ1n) is 10.6. The van der Waals surface area contributed by atoms with Gasteiger partial charge in [-0.25, -0.2) is 9.97 Å². The van der Waals surface area contributed by atoms with Crippen molar-refractivity contribution in [3.8, 4) is 11.4 Å². The van der Waals surface area contributed by atoms with E-state index in [4.69, 9.17) is 4.98 Å². The quantitative estimate of drug-likeness (QED) is 0.666. The summed E-state index contributed by atoms with van der Waals surface area (Å²) in [4.78, 5) is 31.2. The smallest absolute Gasteiger partial charge is 0.256 e. The molecule has 4 rings (SSSR count). The molecule has 1 aromatic carbocycles. The van der Waals surface area contributed by atoms with Gasteiger partial charge in [0.05, 0.1) is 12.2 Å². The molecule has 0 unspecified atom stereocenters. The Morgan fingerprint density at radius 1 is 1.10 bits per heavy atom. The molecule has 1 N–H and O–H groups in total. The molecule has 7 nitrogen and oxygen atoms in total. The lowest BCUT2D eigenvalue weighted by atomic mass is 10.0. The molecule has 1 aliphatic rings. The minimum absolute atomic E-state index is 0.194. The highest BCUT2D eigenvalue weighted by Gasteiger charge is 2.26. The van der Waals surface area contributed by atoms with E-state index in [2.05, 4.69) is 32.1 Å². The van der Waals surface area contributed by atoms with Crippen LogP contribution in [0, 0.1) is 0 Å². The van der Waals surface area contributed by atoms with Gasteiger partial charge in [0.25, 0.3) is 5.91 Å². The van der Waals surface area contributed by atoms with E-state index in [1.807, 2.05) is 55.6 Å². The van der Waals surface area contributed by atoms with Crippen molar-refractivity contribution in [2.24, 2.45) is 0 Å². The molecule has 1 fully saturated rings. The summed E-state index contributed by atoms with van der Waals surface area (Å²) in [6.07, 6.45) is 5.43. The van der Waals surface area contributed by atoms with Crippen molar-refractivity contribution in [2.75, 3.05) is 32.1 Å². The Bertz CT molecular complexity index is 1000. The van der Waals surface area contributed by atoms with Crippen molar-refractivity contribution < 1.29 is 4.79 Å². The van der Waals surface area contributed by atoms with Gasteiger partial charge >= 0.3 is 0 Å². The van der Waals surface area contributed by atoms with Crippen LogP contribution in [0.25, 0.3) is 11.4 Å². The first-order chi connectivity index (χ1) is 15.1. The number of nitrogens with zero attached hydrogens (tertiary/aromatic N) is 5. The molecule has 3 aromatic rings. The molecule has 31 heavy (non-hydrogen) atoms. The molecule has 1 saturated heterocycles. The van der Waals surface area contributed by atoms with Crippen molar-refractivity contribution >= 4 is 11.7 Å². The highest BCUT2D eigenvalue weighted by Crippen LogP contribution is 2.26. The van der Waals surface area contributed by atoms with Crippen molar-refractivity contribution in [2.45, 2.75) is 25.4 Å². The second kappa shape index (κ2) is 9.66. The second-order valence-corrected chi connectivity index (χ2v) is 7.95. The molecule has 2 aromatic heterocycles. The van der Waals surface area contributed by atoms with Gasteiger partial charge in [-0.05, 0) is 45.1 Å². The molecule has 7 heteroatoms. The lowest BCUT2D eigenvalue weighted by Gasteiger charge is -2.36. The fourth-order valence-corrected chi connectivity index (χ4v) is 3.85. The van der Waals surface area contributed by atoms with Crippen LogP contribution in [0.3, 0.4) is 0 Å². The van der Waals surface area contributed by atoms with Gasteiger partial charge in [-0.15, -0.1) is 0 Å². The van der Waals surface area contributed by atoms with E-state index in [1.165, 1.54) is 0 Å². The van der Waals surface area contributed by atoms with E-state index in [0.717, 1.165) is 37.2 Å². The van der Waals surface area contributed by atoms with Crippen LogP contribution >= 0.6 is 0 Å². The van der Waals surface area contributed by atoms with Crippen molar-refractivity contribution in [3.05, 3.63) is 72.2 Å². The zero-order chi connectivity index (χ0) is 21.6. The van der Waals surface area contributed by atoms with Crippen molar-refractivity contribution in [1.82, 2.24) is 25.2 Å². The maximum atomic E-state index is 13.1. The van der Waals surface area contributed by atoms with Gasteiger partial charge in [0.1, 0.15) is 11.4 Å². The summed E-state index contributed by atoms with van der Waals surface area (Å²) < 4.78 is 0. The number of pyridine rings is 1. The largest absolute Gasteiger partial charge is 0.356 e. The third-order valence-corrected chi connectivity index (χ3v) is 5.77. The van der Waals surface area contributed by atoms with E-state index in [1.54, 1.807) is 12.4 Å². The lowest BCUT2D eigenvalue weighted by molar-refractivity contribution is 0.0950. The maximum absolute atomic E-state index is 13.1. The molecule has 1 amide bonds. The second-order valence-electron chi connectivity index (χ2n) is 7.95. The molecule has 0 bridgehead atoms. The zero-order valence-corrected chi connectivity index (χ0v) is 18.0. The topological polar surface area (TPSA) is 74.2 Å². The summed E-state index contributed by atoms with van der Waals surface area (Å²) in [5.41, 5.74) is 2.22. The van der Waals surface area contributed by atoms with Gasteiger partial charge in [0.15, 0.2) is 5.82 Å². The summed E-state index contributed by atoms with van der Waals surface area (Å²) in [6, 6.07) is 15.8. The highest BCUT2D eigenvalue weighted by molar-refractivity contribution is 5.98. The van der Waals surface area contributed by atoms with E-state index >= 15 is 0 Å². The fourth-order valence-electron chi connectivity index (χ4n) is 3.85. The van der Waals surface area contributed by atoms with E-state index in [0.29, 0.717) is 29.8 Å². The van der Waals surface area contributed by atoms with Gasteiger partial charge in [-0.3, -0.25) is 9.78 Å². The summed E-state index contributed by atoms with van der Waals surface area (Å²) in [7, 11) is 4.17. The van der Waals surface area contributed by atoms with E-state index in [9.17, 15) is 4.79 Å². The van der Waals surface area contributed by atoms with Crippen LogP contribution in [0.5, 0.6) is 0 Å². The van der Waals surface area contributed by atoms with Crippen LogP contribution in [0.1, 0.15) is 28.9 Å². The summed E-state index contributed by atoms with van der Waals surface area (Å²) >= 11 is 0. The molecule has 0 atom stereocenters. The van der Waals surface area contributed by atoms with Crippen molar-refractivity contribution in [3.63, 3.8) is 0 Å². The Labute approximate surface area is 183 Å². The minimum atomic E-state index is -0.194. The number of carbonyl (C=O) groups excluding carboxylic acids is 1. The molecule has 0 saturated carbocycles. The molecule has 3 heterocycles. The molecule has 0 aliphatic carbocycles. The van der Waals surface area contributed by atoms with Crippen LogP contribution in [-0.2, 0) is 6.54 Å². The monoisotopic (exact) mass is 416 g/mol.